The largest absolute Gasteiger partial charge is 0.465 e. The molecule has 0 spiro atoms. The third kappa shape index (κ3) is 2.24. The molecule has 0 aromatic heterocycles. The Morgan fingerprint density at radius 2 is 1.87 bits per heavy atom. The second kappa shape index (κ2) is 4.73. The number of hydrogen-bond acceptors (Lipinski definition) is 3. The minimum absolute atomic E-state index is 0.0300. The molecule has 1 aromatic carbocycles. The summed E-state index contributed by atoms with van der Waals surface area (Å²) in [6, 6.07) is 5.10. The zero-order valence-electron chi connectivity index (χ0n) is 9.16. The van der Waals surface area contributed by atoms with Gasteiger partial charge in [-0.2, -0.15) is 0 Å². The van der Waals surface area contributed by atoms with Crippen molar-refractivity contribution in [3.05, 3.63) is 34.9 Å². The Kier molecular flexibility index (Phi) is 3.61. The highest BCUT2D eigenvalue weighted by atomic mass is 16.5. The predicted molar refractivity (Wildman–Crippen MR) is 57.2 cm³/mol. The second-order valence-electron chi connectivity index (χ2n) is 3.23. The number of ketones is 1. The summed E-state index contributed by atoms with van der Waals surface area (Å²) < 4.78 is 4.66. The van der Waals surface area contributed by atoms with Gasteiger partial charge >= 0.3 is 5.97 Å². The van der Waals surface area contributed by atoms with E-state index in [0.717, 1.165) is 5.56 Å². The molecule has 1 aromatic rings. The van der Waals surface area contributed by atoms with Gasteiger partial charge in [0.1, 0.15) is 0 Å². The third-order valence-corrected chi connectivity index (χ3v) is 2.31. The molecule has 0 N–H and O–H groups in total. The summed E-state index contributed by atoms with van der Waals surface area (Å²) in [4.78, 5) is 22.8. The van der Waals surface area contributed by atoms with Crippen molar-refractivity contribution in [2.45, 2.75) is 20.3 Å². The van der Waals surface area contributed by atoms with E-state index < -0.39 is 5.97 Å². The first-order valence-electron chi connectivity index (χ1n) is 4.83. The maximum absolute atomic E-state index is 11.4. The number of hydrogen-bond donors (Lipinski definition) is 0. The highest BCUT2D eigenvalue weighted by molar-refractivity contribution is 6.00. The zero-order valence-corrected chi connectivity index (χ0v) is 9.16. The fraction of sp³-hybridized carbons (Fsp3) is 0.333. The summed E-state index contributed by atoms with van der Waals surface area (Å²) in [6.45, 7) is 3.41. The van der Waals surface area contributed by atoms with Crippen LogP contribution in [0.4, 0.5) is 0 Å². The second-order valence-corrected chi connectivity index (χ2v) is 3.23. The van der Waals surface area contributed by atoms with Crippen LogP contribution in [0.3, 0.4) is 0 Å². The fourth-order valence-electron chi connectivity index (χ4n) is 1.60. The number of rotatable bonds is 3. The molecule has 3 heteroatoms. The van der Waals surface area contributed by atoms with E-state index in [4.69, 9.17) is 0 Å². The van der Waals surface area contributed by atoms with Crippen LogP contribution in [0, 0.1) is 0 Å². The Labute approximate surface area is 89.1 Å². The van der Waals surface area contributed by atoms with Crippen LogP contribution in [0.1, 0.15) is 40.1 Å². The topological polar surface area (TPSA) is 43.4 Å². The van der Waals surface area contributed by atoms with Crippen molar-refractivity contribution in [2.24, 2.45) is 0 Å². The standard InChI is InChI=1S/C12H14O3/c1-4-9-10(8(2)13)6-5-7-11(9)12(14)15-3/h5-7H,4H2,1-3H3. The van der Waals surface area contributed by atoms with Crippen LogP contribution >= 0.6 is 0 Å². The molecule has 0 heterocycles. The lowest BCUT2D eigenvalue weighted by molar-refractivity contribution is 0.0599. The number of esters is 1. The summed E-state index contributed by atoms with van der Waals surface area (Å²) in [7, 11) is 1.34. The van der Waals surface area contributed by atoms with E-state index in [9.17, 15) is 9.59 Å². The minimum Gasteiger partial charge on any atom is -0.465 e. The Bertz CT molecular complexity index is 394. The Morgan fingerprint density at radius 3 is 2.33 bits per heavy atom. The average molecular weight is 206 g/mol. The van der Waals surface area contributed by atoms with Crippen molar-refractivity contribution in [3.8, 4) is 0 Å². The number of ether oxygens (including phenoxy) is 1. The van der Waals surface area contributed by atoms with E-state index in [1.165, 1.54) is 14.0 Å². The summed E-state index contributed by atoms with van der Waals surface area (Å²) >= 11 is 0. The number of benzene rings is 1. The van der Waals surface area contributed by atoms with E-state index in [-0.39, 0.29) is 5.78 Å². The molecular weight excluding hydrogens is 192 g/mol. The Balaban J connectivity index is 3.34. The van der Waals surface area contributed by atoms with Gasteiger partial charge in [0.15, 0.2) is 5.78 Å². The molecule has 15 heavy (non-hydrogen) atoms. The van der Waals surface area contributed by atoms with Crippen LogP contribution in [0.15, 0.2) is 18.2 Å². The molecular formula is C12H14O3. The molecule has 0 aliphatic carbocycles. The molecule has 0 aliphatic rings. The van der Waals surface area contributed by atoms with E-state index in [2.05, 4.69) is 4.74 Å². The highest BCUT2D eigenvalue weighted by Crippen LogP contribution is 2.17. The van der Waals surface area contributed by atoms with Crippen LogP contribution in [0.25, 0.3) is 0 Å². The van der Waals surface area contributed by atoms with Gasteiger partial charge in [0.2, 0.25) is 0 Å². The number of carbonyl (C=O) groups is 2. The Morgan fingerprint density at radius 1 is 1.27 bits per heavy atom. The average Bonchev–Trinajstić information content (AvgIpc) is 2.26. The minimum atomic E-state index is -0.394. The first-order valence-corrected chi connectivity index (χ1v) is 4.83. The molecule has 0 bridgehead atoms. The van der Waals surface area contributed by atoms with Crippen molar-refractivity contribution in [1.82, 2.24) is 0 Å². The van der Waals surface area contributed by atoms with Gasteiger partial charge in [0.25, 0.3) is 0 Å². The quantitative estimate of drug-likeness (QED) is 0.562. The van der Waals surface area contributed by atoms with Gasteiger partial charge in [0, 0.05) is 5.56 Å². The van der Waals surface area contributed by atoms with Gasteiger partial charge in [-0.1, -0.05) is 19.1 Å². The van der Waals surface area contributed by atoms with Gasteiger partial charge in [-0.05, 0) is 25.0 Å². The maximum Gasteiger partial charge on any atom is 0.338 e. The van der Waals surface area contributed by atoms with Crippen LogP contribution < -0.4 is 0 Å². The van der Waals surface area contributed by atoms with Crippen molar-refractivity contribution >= 4 is 11.8 Å². The van der Waals surface area contributed by atoms with Gasteiger partial charge in [-0.25, -0.2) is 4.79 Å². The zero-order chi connectivity index (χ0) is 11.4. The summed E-state index contributed by atoms with van der Waals surface area (Å²) in [6.07, 6.45) is 0.639. The first kappa shape index (κ1) is 11.4. The molecule has 0 saturated heterocycles. The molecule has 0 atom stereocenters. The fourth-order valence-corrected chi connectivity index (χ4v) is 1.60. The van der Waals surface area contributed by atoms with Crippen LogP contribution in [-0.4, -0.2) is 18.9 Å². The van der Waals surface area contributed by atoms with Crippen LogP contribution in [0.5, 0.6) is 0 Å². The van der Waals surface area contributed by atoms with Crippen molar-refractivity contribution in [3.63, 3.8) is 0 Å². The van der Waals surface area contributed by atoms with E-state index in [1.54, 1.807) is 18.2 Å². The van der Waals surface area contributed by atoms with Crippen molar-refractivity contribution in [2.75, 3.05) is 7.11 Å². The van der Waals surface area contributed by atoms with Crippen LogP contribution in [0.2, 0.25) is 0 Å². The van der Waals surface area contributed by atoms with Crippen molar-refractivity contribution in [1.29, 1.82) is 0 Å². The molecule has 0 radical (unpaired) electrons. The summed E-state index contributed by atoms with van der Waals surface area (Å²) in [5, 5.41) is 0. The normalized spacial score (nSPS) is 9.80. The lowest BCUT2D eigenvalue weighted by Crippen LogP contribution is -2.09. The molecule has 80 valence electrons. The van der Waals surface area contributed by atoms with Gasteiger partial charge in [0.05, 0.1) is 12.7 Å². The molecule has 3 nitrogen and oxygen atoms in total. The third-order valence-electron chi connectivity index (χ3n) is 2.31. The molecule has 0 fully saturated rings. The lowest BCUT2D eigenvalue weighted by Gasteiger charge is -2.09. The maximum atomic E-state index is 11.4. The molecule has 0 aliphatic heterocycles. The highest BCUT2D eigenvalue weighted by Gasteiger charge is 2.15. The monoisotopic (exact) mass is 206 g/mol. The smallest absolute Gasteiger partial charge is 0.338 e. The lowest BCUT2D eigenvalue weighted by atomic mass is 9.96. The first-order chi connectivity index (χ1) is 7.11. The van der Waals surface area contributed by atoms with E-state index in [0.29, 0.717) is 17.5 Å². The van der Waals surface area contributed by atoms with Crippen LogP contribution in [-0.2, 0) is 11.2 Å². The SMILES string of the molecule is CCc1c(C(C)=O)cccc1C(=O)OC. The van der Waals surface area contributed by atoms with Gasteiger partial charge in [-0.15, -0.1) is 0 Å². The van der Waals surface area contributed by atoms with E-state index >= 15 is 0 Å². The molecule has 1 rings (SSSR count). The van der Waals surface area contributed by atoms with Gasteiger partial charge < -0.3 is 4.74 Å². The number of methoxy groups -OCH3 is 1. The van der Waals surface area contributed by atoms with E-state index in [1.807, 2.05) is 6.92 Å². The number of carbonyl (C=O) groups excluding carboxylic acids is 2. The predicted octanol–water partition coefficient (Wildman–Crippen LogP) is 2.24. The number of Topliss-reactive ketones (excluding diaryl/α,β-unsaturated/α-hetero) is 1. The van der Waals surface area contributed by atoms with Gasteiger partial charge in [-0.3, -0.25) is 4.79 Å². The summed E-state index contributed by atoms with van der Waals surface area (Å²) in [5.41, 5.74) is 1.84. The van der Waals surface area contributed by atoms with Crippen molar-refractivity contribution < 1.29 is 14.3 Å². The summed E-state index contributed by atoms with van der Waals surface area (Å²) in [5.74, 6) is -0.424. The molecule has 0 amide bonds. The Hall–Kier alpha value is -1.64. The molecule has 0 saturated carbocycles. The molecule has 0 unspecified atom stereocenters.